The molecule has 0 saturated heterocycles. The molecule has 1 heterocycles. The molecule has 0 bridgehead atoms. The molecule has 0 spiro atoms. The molecule has 2 heteroatoms. The van der Waals surface area contributed by atoms with Crippen LogP contribution in [0.1, 0.15) is 17.4 Å². The molecular weight excluding hydrogens is 216 g/mol. The van der Waals surface area contributed by atoms with Crippen LogP contribution >= 0.6 is 11.3 Å². The van der Waals surface area contributed by atoms with Crippen molar-refractivity contribution in [3.63, 3.8) is 0 Å². The standard InChI is InChI=1S/C14H16OS/c1-2-12-6-3-4-8-14(12)15-10-9-13-7-5-11-16-13/h3-8,11H,2,9-10H2,1H3. The van der Waals surface area contributed by atoms with Crippen LogP contribution in [-0.4, -0.2) is 6.61 Å². The molecule has 1 aromatic carbocycles. The zero-order valence-corrected chi connectivity index (χ0v) is 10.3. The maximum Gasteiger partial charge on any atom is 0.122 e. The first-order valence-electron chi connectivity index (χ1n) is 5.63. The third-order valence-electron chi connectivity index (χ3n) is 2.54. The molecule has 0 fully saturated rings. The summed E-state index contributed by atoms with van der Waals surface area (Å²) in [6.45, 7) is 2.92. The van der Waals surface area contributed by atoms with Crippen molar-refractivity contribution < 1.29 is 4.74 Å². The largest absolute Gasteiger partial charge is 0.493 e. The van der Waals surface area contributed by atoms with Crippen LogP contribution in [0.2, 0.25) is 0 Å². The third kappa shape index (κ3) is 2.86. The van der Waals surface area contributed by atoms with Crippen molar-refractivity contribution in [1.82, 2.24) is 0 Å². The van der Waals surface area contributed by atoms with Gasteiger partial charge in [-0.05, 0) is 29.5 Å². The highest BCUT2D eigenvalue weighted by Crippen LogP contribution is 2.19. The van der Waals surface area contributed by atoms with Gasteiger partial charge in [-0.25, -0.2) is 0 Å². The minimum absolute atomic E-state index is 0.761. The highest BCUT2D eigenvalue weighted by molar-refractivity contribution is 7.09. The first kappa shape index (κ1) is 11.2. The molecule has 0 atom stereocenters. The Morgan fingerprint density at radius 1 is 1.12 bits per heavy atom. The number of thiophene rings is 1. The summed E-state index contributed by atoms with van der Waals surface area (Å²) in [6, 6.07) is 12.5. The Balaban J connectivity index is 1.89. The van der Waals surface area contributed by atoms with Crippen molar-refractivity contribution in [2.24, 2.45) is 0 Å². The van der Waals surface area contributed by atoms with Crippen LogP contribution in [0.3, 0.4) is 0 Å². The van der Waals surface area contributed by atoms with Gasteiger partial charge in [-0.3, -0.25) is 0 Å². The van der Waals surface area contributed by atoms with E-state index in [2.05, 4.69) is 36.6 Å². The number of para-hydroxylation sites is 1. The zero-order valence-electron chi connectivity index (χ0n) is 9.48. The summed E-state index contributed by atoms with van der Waals surface area (Å²) in [5.74, 6) is 1.03. The number of ether oxygens (including phenoxy) is 1. The first-order valence-corrected chi connectivity index (χ1v) is 6.51. The number of hydrogen-bond donors (Lipinski definition) is 0. The van der Waals surface area contributed by atoms with E-state index in [4.69, 9.17) is 4.74 Å². The Labute approximate surface area is 101 Å². The molecule has 0 N–H and O–H groups in total. The van der Waals surface area contributed by atoms with Gasteiger partial charge in [0.25, 0.3) is 0 Å². The monoisotopic (exact) mass is 232 g/mol. The summed E-state index contributed by atoms with van der Waals surface area (Å²) in [4.78, 5) is 1.38. The molecule has 84 valence electrons. The lowest BCUT2D eigenvalue weighted by Gasteiger charge is -2.09. The van der Waals surface area contributed by atoms with E-state index < -0.39 is 0 Å². The van der Waals surface area contributed by atoms with Gasteiger partial charge in [0.1, 0.15) is 5.75 Å². The van der Waals surface area contributed by atoms with Crippen LogP contribution in [-0.2, 0) is 12.8 Å². The van der Waals surface area contributed by atoms with Gasteiger partial charge in [0.05, 0.1) is 6.61 Å². The Morgan fingerprint density at radius 2 is 2.00 bits per heavy atom. The Kier molecular flexibility index (Phi) is 4.00. The summed E-state index contributed by atoms with van der Waals surface area (Å²) in [5.41, 5.74) is 1.29. The van der Waals surface area contributed by atoms with E-state index in [0.717, 1.165) is 25.2 Å². The molecular formula is C14H16OS. The molecule has 2 rings (SSSR count). The number of benzene rings is 1. The van der Waals surface area contributed by atoms with Gasteiger partial charge in [-0.1, -0.05) is 31.2 Å². The van der Waals surface area contributed by atoms with E-state index in [0.29, 0.717) is 0 Å². The van der Waals surface area contributed by atoms with Gasteiger partial charge in [-0.15, -0.1) is 11.3 Å². The highest BCUT2D eigenvalue weighted by Gasteiger charge is 2.00. The predicted molar refractivity (Wildman–Crippen MR) is 69.3 cm³/mol. The van der Waals surface area contributed by atoms with Crippen LogP contribution in [0.25, 0.3) is 0 Å². The van der Waals surface area contributed by atoms with Crippen molar-refractivity contribution >= 4 is 11.3 Å². The summed E-state index contributed by atoms with van der Waals surface area (Å²) in [5, 5.41) is 2.11. The molecule has 2 aromatic rings. The molecule has 0 saturated carbocycles. The van der Waals surface area contributed by atoms with Crippen LogP contribution in [0.4, 0.5) is 0 Å². The summed E-state index contributed by atoms with van der Waals surface area (Å²) < 4.78 is 5.81. The summed E-state index contributed by atoms with van der Waals surface area (Å²) >= 11 is 1.79. The zero-order chi connectivity index (χ0) is 11.2. The maximum absolute atomic E-state index is 5.81. The van der Waals surface area contributed by atoms with Crippen LogP contribution < -0.4 is 4.74 Å². The second kappa shape index (κ2) is 5.71. The topological polar surface area (TPSA) is 9.23 Å². The fourth-order valence-corrected chi connectivity index (χ4v) is 2.34. The summed E-state index contributed by atoms with van der Waals surface area (Å²) in [6.07, 6.45) is 2.02. The third-order valence-corrected chi connectivity index (χ3v) is 3.48. The lowest BCUT2D eigenvalue weighted by atomic mass is 10.1. The highest BCUT2D eigenvalue weighted by atomic mass is 32.1. The second-order valence-corrected chi connectivity index (χ2v) is 4.67. The average Bonchev–Trinajstić information content (AvgIpc) is 2.83. The summed E-state index contributed by atoms with van der Waals surface area (Å²) in [7, 11) is 0. The minimum atomic E-state index is 0.761. The van der Waals surface area contributed by atoms with Crippen molar-refractivity contribution in [3.8, 4) is 5.75 Å². The van der Waals surface area contributed by atoms with Gasteiger partial charge in [0, 0.05) is 11.3 Å². The molecule has 1 nitrogen and oxygen atoms in total. The van der Waals surface area contributed by atoms with Crippen molar-refractivity contribution in [2.45, 2.75) is 19.8 Å². The maximum atomic E-state index is 5.81. The quantitative estimate of drug-likeness (QED) is 0.759. The molecule has 0 aliphatic carbocycles. The number of aryl methyl sites for hydroxylation is 1. The lowest BCUT2D eigenvalue weighted by Crippen LogP contribution is -2.01. The van der Waals surface area contributed by atoms with Gasteiger partial charge in [0.15, 0.2) is 0 Å². The fraction of sp³-hybridized carbons (Fsp3) is 0.286. The molecule has 0 amide bonds. The van der Waals surface area contributed by atoms with E-state index >= 15 is 0 Å². The molecule has 1 aromatic heterocycles. The second-order valence-electron chi connectivity index (χ2n) is 3.64. The van der Waals surface area contributed by atoms with Crippen LogP contribution in [0.15, 0.2) is 41.8 Å². The molecule has 0 aliphatic rings. The predicted octanol–water partition coefficient (Wildman–Crippen LogP) is 3.93. The van der Waals surface area contributed by atoms with Gasteiger partial charge < -0.3 is 4.74 Å². The van der Waals surface area contributed by atoms with Crippen molar-refractivity contribution in [1.29, 1.82) is 0 Å². The van der Waals surface area contributed by atoms with Gasteiger partial charge in [-0.2, -0.15) is 0 Å². The average molecular weight is 232 g/mol. The molecule has 0 unspecified atom stereocenters. The van der Waals surface area contributed by atoms with E-state index in [1.807, 2.05) is 12.1 Å². The minimum Gasteiger partial charge on any atom is -0.493 e. The van der Waals surface area contributed by atoms with Crippen molar-refractivity contribution in [3.05, 3.63) is 52.2 Å². The van der Waals surface area contributed by atoms with E-state index in [1.165, 1.54) is 10.4 Å². The first-order chi connectivity index (χ1) is 7.90. The lowest BCUT2D eigenvalue weighted by molar-refractivity contribution is 0.320. The normalized spacial score (nSPS) is 10.3. The number of rotatable bonds is 5. The van der Waals surface area contributed by atoms with Gasteiger partial charge in [0.2, 0.25) is 0 Å². The van der Waals surface area contributed by atoms with Crippen LogP contribution in [0.5, 0.6) is 5.75 Å². The van der Waals surface area contributed by atoms with E-state index in [-0.39, 0.29) is 0 Å². The van der Waals surface area contributed by atoms with E-state index in [9.17, 15) is 0 Å². The van der Waals surface area contributed by atoms with Gasteiger partial charge >= 0.3 is 0 Å². The molecule has 0 radical (unpaired) electrons. The Morgan fingerprint density at radius 3 is 2.75 bits per heavy atom. The Hall–Kier alpha value is -1.28. The SMILES string of the molecule is CCc1ccccc1OCCc1cccs1. The van der Waals surface area contributed by atoms with Crippen LogP contribution in [0, 0.1) is 0 Å². The number of hydrogen-bond acceptors (Lipinski definition) is 2. The van der Waals surface area contributed by atoms with Crippen molar-refractivity contribution in [2.75, 3.05) is 6.61 Å². The Bertz CT molecular complexity index is 420. The molecule has 16 heavy (non-hydrogen) atoms. The smallest absolute Gasteiger partial charge is 0.122 e. The molecule has 0 aliphatic heterocycles. The van der Waals surface area contributed by atoms with E-state index in [1.54, 1.807) is 11.3 Å². The fourth-order valence-electron chi connectivity index (χ4n) is 1.65.